The van der Waals surface area contributed by atoms with Crippen molar-refractivity contribution in [2.24, 2.45) is 0 Å². The molecule has 5 nitrogen and oxygen atoms in total. The summed E-state index contributed by atoms with van der Waals surface area (Å²) in [6.45, 7) is 0.956. The number of carbonyl (C=O) groups excluding carboxylic acids is 2. The van der Waals surface area contributed by atoms with Gasteiger partial charge in [-0.2, -0.15) is 0 Å². The van der Waals surface area contributed by atoms with Crippen LogP contribution in [-0.2, 0) is 6.42 Å². The van der Waals surface area contributed by atoms with Crippen molar-refractivity contribution < 1.29 is 9.59 Å². The maximum Gasteiger partial charge on any atom is 0.261 e. The van der Waals surface area contributed by atoms with E-state index < -0.39 is 0 Å². The Morgan fingerprint density at radius 3 is 2.58 bits per heavy atom. The highest BCUT2D eigenvalue weighted by molar-refractivity contribution is 6.21. The van der Waals surface area contributed by atoms with Gasteiger partial charge in [-0.05, 0) is 43.0 Å². The number of aromatic nitrogens is 1. The highest BCUT2D eigenvalue weighted by atomic mass is 16.2. The third-order valence-corrected chi connectivity index (χ3v) is 4.80. The van der Waals surface area contributed by atoms with Crippen molar-refractivity contribution in [1.82, 2.24) is 15.2 Å². The molecular formula is C19H19N3O2. The van der Waals surface area contributed by atoms with Gasteiger partial charge in [-0.15, -0.1) is 0 Å². The highest BCUT2D eigenvalue weighted by Crippen LogP contribution is 2.27. The van der Waals surface area contributed by atoms with E-state index in [0.717, 1.165) is 25.0 Å². The number of benzene rings is 1. The van der Waals surface area contributed by atoms with Gasteiger partial charge in [0.05, 0.1) is 16.8 Å². The van der Waals surface area contributed by atoms with Crippen LogP contribution >= 0.6 is 0 Å². The van der Waals surface area contributed by atoms with E-state index in [0.29, 0.717) is 24.2 Å². The summed E-state index contributed by atoms with van der Waals surface area (Å²) in [5.41, 5.74) is 3.41. The number of nitrogens with one attached hydrogen (secondary N) is 1. The topological polar surface area (TPSA) is 62.3 Å². The second-order valence-corrected chi connectivity index (χ2v) is 6.25. The minimum Gasteiger partial charge on any atom is -0.307 e. The lowest BCUT2D eigenvalue weighted by atomic mass is 9.92. The van der Waals surface area contributed by atoms with Crippen molar-refractivity contribution in [3.05, 3.63) is 65.0 Å². The molecule has 4 rings (SSSR count). The van der Waals surface area contributed by atoms with Crippen molar-refractivity contribution in [2.75, 3.05) is 13.1 Å². The van der Waals surface area contributed by atoms with Gasteiger partial charge >= 0.3 is 0 Å². The maximum absolute atomic E-state index is 12.4. The smallest absolute Gasteiger partial charge is 0.261 e. The molecule has 0 saturated carbocycles. The van der Waals surface area contributed by atoms with Crippen molar-refractivity contribution in [3.63, 3.8) is 0 Å². The Morgan fingerprint density at radius 1 is 1.08 bits per heavy atom. The summed E-state index contributed by atoms with van der Waals surface area (Å²) in [6.07, 6.45) is 5.05. The van der Waals surface area contributed by atoms with Gasteiger partial charge in [-0.25, -0.2) is 0 Å². The van der Waals surface area contributed by atoms with E-state index in [4.69, 9.17) is 0 Å². The number of hydrogen-bond donors (Lipinski definition) is 1. The third-order valence-electron chi connectivity index (χ3n) is 4.80. The molecule has 1 N–H and O–H groups in total. The van der Waals surface area contributed by atoms with Crippen molar-refractivity contribution in [1.29, 1.82) is 0 Å². The van der Waals surface area contributed by atoms with Crippen LogP contribution in [0, 0.1) is 0 Å². The van der Waals surface area contributed by atoms with Crippen molar-refractivity contribution in [3.8, 4) is 0 Å². The average Bonchev–Trinajstić information content (AvgIpc) is 2.87. The number of aryl methyl sites for hydroxylation is 1. The first-order chi connectivity index (χ1) is 11.8. The predicted octanol–water partition coefficient (Wildman–Crippen LogP) is 2.34. The lowest BCUT2D eigenvalue weighted by Gasteiger charge is -2.26. The van der Waals surface area contributed by atoms with E-state index in [-0.39, 0.29) is 17.9 Å². The molecule has 2 aromatic rings. The molecule has 1 aliphatic heterocycles. The van der Waals surface area contributed by atoms with Gasteiger partial charge in [0.25, 0.3) is 11.8 Å². The van der Waals surface area contributed by atoms with Gasteiger partial charge in [0, 0.05) is 25.3 Å². The van der Waals surface area contributed by atoms with Gasteiger partial charge in [0.1, 0.15) is 0 Å². The zero-order valence-electron chi connectivity index (χ0n) is 13.4. The largest absolute Gasteiger partial charge is 0.307 e. The molecule has 24 heavy (non-hydrogen) atoms. The molecule has 0 fully saturated rings. The standard InChI is InChI=1S/C19H19N3O2/c23-18-14-7-1-2-8-15(14)19(24)22(18)12-11-20-16-9-3-5-13-6-4-10-21-17(13)16/h1-2,4,6-8,10,16,20H,3,5,9,11-12H2. The molecular weight excluding hydrogens is 302 g/mol. The van der Waals surface area contributed by atoms with Crippen LogP contribution in [0.4, 0.5) is 0 Å². The molecule has 1 aromatic carbocycles. The minimum absolute atomic E-state index is 0.195. The van der Waals surface area contributed by atoms with Gasteiger partial charge in [-0.1, -0.05) is 18.2 Å². The molecule has 1 unspecified atom stereocenters. The summed E-state index contributed by atoms with van der Waals surface area (Å²) >= 11 is 0. The van der Waals surface area contributed by atoms with Crippen LogP contribution in [0.3, 0.4) is 0 Å². The van der Waals surface area contributed by atoms with E-state index >= 15 is 0 Å². The van der Waals surface area contributed by atoms with Crippen LogP contribution in [0.25, 0.3) is 0 Å². The molecule has 1 aliphatic carbocycles. The average molecular weight is 321 g/mol. The second-order valence-electron chi connectivity index (χ2n) is 6.25. The molecule has 2 amide bonds. The molecule has 2 aliphatic rings. The fourth-order valence-electron chi connectivity index (χ4n) is 3.60. The Balaban J connectivity index is 1.41. The number of rotatable bonds is 4. The summed E-state index contributed by atoms with van der Waals surface area (Å²) in [5, 5.41) is 3.46. The molecule has 0 bridgehead atoms. The fourth-order valence-corrected chi connectivity index (χ4v) is 3.60. The number of nitrogens with zero attached hydrogens (tertiary/aromatic N) is 2. The van der Waals surface area contributed by atoms with Gasteiger partial charge in [0.15, 0.2) is 0 Å². The number of imide groups is 1. The second kappa shape index (κ2) is 6.17. The Hall–Kier alpha value is -2.53. The first kappa shape index (κ1) is 15.0. The minimum atomic E-state index is -0.195. The van der Waals surface area contributed by atoms with Crippen LogP contribution in [0.5, 0.6) is 0 Å². The lowest BCUT2D eigenvalue weighted by molar-refractivity contribution is 0.0654. The van der Waals surface area contributed by atoms with Crippen LogP contribution in [0.1, 0.15) is 50.9 Å². The molecule has 0 spiro atoms. The Morgan fingerprint density at radius 2 is 1.83 bits per heavy atom. The summed E-state index contributed by atoms with van der Waals surface area (Å²) < 4.78 is 0. The first-order valence-corrected chi connectivity index (χ1v) is 8.38. The quantitative estimate of drug-likeness (QED) is 0.878. The highest BCUT2D eigenvalue weighted by Gasteiger charge is 2.34. The van der Waals surface area contributed by atoms with E-state index in [1.807, 2.05) is 12.3 Å². The molecule has 5 heteroatoms. The molecule has 1 atom stereocenters. The van der Waals surface area contributed by atoms with Gasteiger partial charge < -0.3 is 5.32 Å². The molecule has 122 valence electrons. The first-order valence-electron chi connectivity index (χ1n) is 8.38. The van der Waals surface area contributed by atoms with E-state index in [9.17, 15) is 9.59 Å². The molecule has 2 heterocycles. The third kappa shape index (κ3) is 2.51. The van der Waals surface area contributed by atoms with Crippen molar-refractivity contribution >= 4 is 11.8 Å². The Labute approximate surface area is 140 Å². The van der Waals surface area contributed by atoms with Crippen LogP contribution in [0.2, 0.25) is 0 Å². The molecule has 0 radical (unpaired) electrons. The van der Waals surface area contributed by atoms with Gasteiger partial charge in [0.2, 0.25) is 0 Å². The SMILES string of the molecule is O=C1c2ccccc2C(=O)N1CCNC1CCCc2cccnc21. The summed E-state index contributed by atoms with van der Waals surface area (Å²) in [4.78, 5) is 30.5. The predicted molar refractivity (Wildman–Crippen MR) is 89.7 cm³/mol. The lowest BCUT2D eigenvalue weighted by Crippen LogP contribution is -2.38. The van der Waals surface area contributed by atoms with Crippen LogP contribution in [-0.4, -0.2) is 34.8 Å². The molecule has 0 saturated heterocycles. The van der Waals surface area contributed by atoms with Crippen LogP contribution in [0.15, 0.2) is 42.6 Å². The Bertz CT molecular complexity index is 768. The van der Waals surface area contributed by atoms with Crippen molar-refractivity contribution in [2.45, 2.75) is 25.3 Å². The van der Waals surface area contributed by atoms with E-state index in [2.05, 4.69) is 16.4 Å². The fraction of sp³-hybridized carbons (Fsp3) is 0.316. The number of amides is 2. The Kier molecular flexibility index (Phi) is 3.86. The summed E-state index contributed by atoms with van der Waals surface area (Å²) in [6, 6.07) is 11.3. The zero-order valence-corrected chi connectivity index (χ0v) is 13.4. The number of carbonyl (C=O) groups is 2. The number of fused-ring (bicyclic) bond motifs is 2. The summed E-state index contributed by atoms with van der Waals surface area (Å²) in [5.74, 6) is -0.390. The number of pyridine rings is 1. The zero-order chi connectivity index (χ0) is 16.5. The van der Waals surface area contributed by atoms with Gasteiger partial charge in [-0.3, -0.25) is 19.5 Å². The van der Waals surface area contributed by atoms with E-state index in [1.165, 1.54) is 10.5 Å². The maximum atomic E-state index is 12.4. The van der Waals surface area contributed by atoms with E-state index in [1.54, 1.807) is 24.3 Å². The normalized spacial score (nSPS) is 19.3. The monoisotopic (exact) mass is 321 g/mol. The van der Waals surface area contributed by atoms with Crippen LogP contribution < -0.4 is 5.32 Å². The molecule has 1 aromatic heterocycles. The summed E-state index contributed by atoms with van der Waals surface area (Å²) in [7, 11) is 0. The number of hydrogen-bond acceptors (Lipinski definition) is 4.